The molecule has 33 heavy (non-hydrogen) atoms. The Kier molecular flexibility index (Phi) is 8.12. The standard InChI is InChI=1S/C23H19Cl2N5O3/c24-15-3-1-14(2-4-15)23(33)28-17-6-8-18(9-7-17)30-27-13-19(31)12-22(32)29-21-10-5-16(26)11-20(21)25/h1-11H,12-13,26H2,(H,28,33)(H,29,32). The Morgan fingerprint density at radius 2 is 1.58 bits per heavy atom. The predicted octanol–water partition coefficient (Wildman–Crippen LogP) is 5.51. The number of ketones is 1. The summed E-state index contributed by atoms with van der Waals surface area (Å²) in [6.07, 6.45) is -0.366. The summed E-state index contributed by atoms with van der Waals surface area (Å²) in [6.45, 7) is -0.252. The molecule has 0 aliphatic heterocycles. The van der Waals surface area contributed by atoms with Crippen molar-refractivity contribution in [3.63, 3.8) is 0 Å². The van der Waals surface area contributed by atoms with E-state index in [1.807, 2.05) is 0 Å². The Bertz CT molecular complexity index is 1200. The van der Waals surface area contributed by atoms with Crippen LogP contribution in [0.3, 0.4) is 0 Å². The molecule has 0 bridgehead atoms. The summed E-state index contributed by atoms with van der Waals surface area (Å²) < 4.78 is 0. The van der Waals surface area contributed by atoms with Crippen LogP contribution < -0.4 is 16.4 Å². The monoisotopic (exact) mass is 483 g/mol. The molecule has 168 valence electrons. The lowest BCUT2D eigenvalue weighted by molar-refractivity contribution is -0.124. The molecule has 0 heterocycles. The number of hydrogen-bond donors (Lipinski definition) is 3. The van der Waals surface area contributed by atoms with Gasteiger partial charge in [0.25, 0.3) is 5.91 Å². The van der Waals surface area contributed by atoms with Crippen LogP contribution in [0, 0.1) is 0 Å². The normalized spacial score (nSPS) is 10.7. The fourth-order valence-corrected chi connectivity index (χ4v) is 3.04. The lowest BCUT2D eigenvalue weighted by Crippen LogP contribution is -2.18. The molecule has 0 fully saturated rings. The molecule has 0 saturated heterocycles. The van der Waals surface area contributed by atoms with Crippen molar-refractivity contribution < 1.29 is 14.4 Å². The minimum Gasteiger partial charge on any atom is -0.399 e. The third-order valence-electron chi connectivity index (χ3n) is 4.29. The highest BCUT2D eigenvalue weighted by molar-refractivity contribution is 6.34. The zero-order valence-corrected chi connectivity index (χ0v) is 18.7. The van der Waals surface area contributed by atoms with Crippen LogP contribution in [0.25, 0.3) is 0 Å². The Hall–Kier alpha value is -3.75. The number of nitrogens with two attached hydrogens (primary N) is 1. The lowest BCUT2D eigenvalue weighted by atomic mass is 10.2. The van der Waals surface area contributed by atoms with Crippen LogP contribution in [0.4, 0.5) is 22.7 Å². The molecule has 0 radical (unpaired) electrons. The molecular weight excluding hydrogens is 465 g/mol. The third-order valence-corrected chi connectivity index (χ3v) is 4.85. The number of carbonyl (C=O) groups is 3. The highest BCUT2D eigenvalue weighted by Crippen LogP contribution is 2.24. The number of nitrogen functional groups attached to an aromatic ring is 1. The van der Waals surface area contributed by atoms with Crippen LogP contribution in [-0.2, 0) is 9.59 Å². The maximum absolute atomic E-state index is 12.2. The van der Waals surface area contributed by atoms with Crippen LogP contribution >= 0.6 is 23.2 Å². The van der Waals surface area contributed by atoms with Gasteiger partial charge in [-0.05, 0) is 66.7 Å². The maximum Gasteiger partial charge on any atom is 0.255 e. The highest BCUT2D eigenvalue weighted by Gasteiger charge is 2.11. The van der Waals surface area contributed by atoms with Gasteiger partial charge in [0.2, 0.25) is 5.91 Å². The zero-order valence-electron chi connectivity index (χ0n) is 17.2. The second-order valence-electron chi connectivity index (χ2n) is 6.91. The molecule has 0 aliphatic carbocycles. The molecule has 0 spiro atoms. The number of halogens is 2. The first-order valence-electron chi connectivity index (χ1n) is 9.71. The molecule has 4 N–H and O–H groups in total. The molecule has 8 nitrogen and oxygen atoms in total. The van der Waals surface area contributed by atoms with Crippen molar-refractivity contribution in [1.82, 2.24) is 0 Å². The number of anilines is 3. The number of hydrogen-bond acceptors (Lipinski definition) is 6. The molecule has 0 aromatic heterocycles. The predicted molar refractivity (Wildman–Crippen MR) is 129 cm³/mol. The molecule has 0 saturated carbocycles. The Labute approximate surface area is 199 Å². The Morgan fingerprint density at radius 3 is 2.24 bits per heavy atom. The van der Waals surface area contributed by atoms with Gasteiger partial charge >= 0.3 is 0 Å². The van der Waals surface area contributed by atoms with Crippen LogP contribution in [0.5, 0.6) is 0 Å². The van der Waals surface area contributed by atoms with Crippen molar-refractivity contribution in [2.24, 2.45) is 10.2 Å². The summed E-state index contributed by atoms with van der Waals surface area (Å²) >= 11 is 11.8. The lowest BCUT2D eigenvalue weighted by Gasteiger charge is -2.07. The molecule has 10 heteroatoms. The second-order valence-corrected chi connectivity index (χ2v) is 7.75. The largest absolute Gasteiger partial charge is 0.399 e. The SMILES string of the molecule is Nc1ccc(NC(=O)CC(=O)CN=Nc2ccc(NC(=O)c3ccc(Cl)cc3)cc2)c(Cl)c1. The van der Waals surface area contributed by atoms with E-state index in [4.69, 9.17) is 28.9 Å². The van der Waals surface area contributed by atoms with Crippen molar-refractivity contribution in [3.8, 4) is 0 Å². The van der Waals surface area contributed by atoms with Crippen molar-refractivity contribution in [3.05, 3.63) is 82.3 Å². The van der Waals surface area contributed by atoms with E-state index in [2.05, 4.69) is 20.9 Å². The molecule has 0 unspecified atom stereocenters. The summed E-state index contributed by atoms with van der Waals surface area (Å²) in [4.78, 5) is 36.2. The van der Waals surface area contributed by atoms with E-state index in [1.165, 1.54) is 6.07 Å². The molecule has 3 rings (SSSR count). The maximum atomic E-state index is 12.2. The van der Waals surface area contributed by atoms with Gasteiger partial charge in [-0.15, -0.1) is 0 Å². The number of azo groups is 1. The summed E-state index contributed by atoms with van der Waals surface area (Å²) in [5, 5.41) is 13.9. The van der Waals surface area contributed by atoms with Crippen molar-refractivity contribution in [2.45, 2.75) is 6.42 Å². The van der Waals surface area contributed by atoms with Crippen LogP contribution in [-0.4, -0.2) is 24.1 Å². The average Bonchev–Trinajstić information content (AvgIpc) is 2.77. The van der Waals surface area contributed by atoms with E-state index in [9.17, 15) is 14.4 Å². The summed E-state index contributed by atoms with van der Waals surface area (Å²) in [7, 11) is 0. The Balaban J connectivity index is 1.46. The van der Waals surface area contributed by atoms with Gasteiger partial charge in [0.1, 0.15) is 6.54 Å². The number of Topliss-reactive ketones (excluding diaryl/α,β-unsaturated/α-hetero) is 1. The average molecular weight is 484 g/mol. The van der Waals surface area contributed by atoms with Gasteiger partial charge in [0, 0.05) is 22.0 Å². The van der Waals surface area contributed by atoms with E-state index >= 15 is 0 Å². The van der Waals surface area contributed by atoms with Crippen LogP contribution in [0.15, 0.2) is 77.0 Å². The van der Waals surface area contributed by atoms with E-state index in [1.54, 1.807) is 60.7 Å². The fraction of sp³-hybridized carbons (Fsp3) is 0.0870. The summed E-state index contributed by atoms with van der Waals surface area (Å²) in [5.74, 6) is -1.19. The minimum absolute atomic E-state index is 0.252. The van der Waals surface area contributed by atoms with E-state index in [0.717, 1.165) is 0 Å². The molecule has 3 aromatic rings. The smallest absolute Gasteiger partial charge is 0.255 e. The topological polar surface area (TPSA) is 126 Å². The van der Waals surface area contributed by atoms with Gasteiger partial charge in [0.05, 0.1) is 22.8 Å². The van der Waals surface area contributed by atoms with Gasteiger partial charge in [-0.2, -0.15) is 10.2 Å². The summed E-state index contributed by atoms with van der Waals surface area (Å²) in [5.41, 5.74) is 7.98. The molecular formula is C23H19Cl2N5O3. The van der Waals surface area contributed by atoms with Gasteiger partial charge in [-0.1, -0.05) is 23.2 Å². The molecule has 0 aliphatic rings. The quantitative estimate of drug-likeness (QED) is 0.221. The number of benzene rings is 3. The number of nitrogens with zero attached hydrogens (tertiary/aromatic N) is 2. The third kappa shape index (κ3) is 7.41. The number of amides is 2. The number of nitrogens with one attached hydrogen (secondary N) is 2. The van der Waals surface area contributed by atoms with E-state index in [-0.39, 0.29) is 23.9 Å². The van der Waals surface area contributed by atoms with E-state index in [0.29, 0.717) is 33.3 Å². The van der Waals surface area contributed by atoms with Crippen molar-refractivity contribution >= 4 is 63.5 Å². The number of rotatable bonds is 8. The second kappa shape index (κ2) is 11.2. The first-order chi connectivity index (χ1) is 15.8. The van der Waals surface area contributed by atoms with Crippen molar-refractivity contribution in [1.29, 1.82) is 0 Å². The van der Waals surface area contributed by atoms with Gasteiger partial charge < -0.3 is 16.4 Å². The first kappa shape index (κ1) is 23.9. The zero-order chi connectivity index (χ0) is 23.8. The van der Waals surface area contributed by atoms with Gasteiger partial charge in [0.15, 0.2) is 5.78 Å². The van der Waals surface area contributed by atoms with Gasteiger partial charge in [-0.25, -0.2) is 0 Å². The van der Waals surface area contributed by atoms with E-state index < -0.39 is 11.7 Å². The van der Waals surface area contributed by atoms with Crippen LogP contribution in [0.2, 0.25) is 10.0 Å². The highest BCUT2D eigenvalue weighted by atomic mass is 35.5. The Morgan fingerprint density at radius 1 is 0.879 bits per heavy atom. The first-order valence-corrected chi connectivity index (χ1v) is 10.5. The van der Waals surface area contributed by atoms with Crippen molar-refractivity contribution in [2.75, 3.05) is 22.9 Å². The molecule has 2 amide bonds. The van der Waals surface area contributed by atoms with Gasteiger partial charge in [-0.3, -0.25) is 14.4 Å². The number of carbonyl (C=O) groups excluding carboxylic acids is 3. The minimum atomic E-state index is -0.511. The van der Waals surface area contributed by atoms with Crippen LogP contribution in [0.1, 0.15) is 16.8 Å². The summed E-state index contributed by atoms with van der Waals surface area (Å²) in [6, 6.07) is 17.8. The molecule has 0 atom stereocenters. The fourth-order valence-electron chi connectivity index (χ4n) is 2.67. The molecule has 3 aromatic carbocycles.